The second kappa shape index (κ2) is 7.28. The first-order valence-electron chi connectivity index (χ1n) is 6.52. The minimum Gasteiger partial charge on any atom is -0.464 e. The lowest BCUT2D eigenvalue weighted by molar-refractivity contribution is -0.135. The Hall–Kier alpha value is -1.06. The van der Waals surface area contributed by atoms with E-state index >= 15 is 0 Å². The van der Waals surface area contributed by atoms with E-state index in [1.54, 1.807) is 0 Å². The first kappa shape index (κ1) is 18.0. The summed E-state index contributed by atoms with van der Waals surface area (Å²) in [5, 5.41) is 2.99. The Morgan fingerprint density at radius 2 is 2.00 bits per heavy atom. The second-order valence-corrected chi connectivity index (χ2v) is 6.27. The van der Waals surface area contributed by atoms with E-state index in [1.165, 1.54) is 13.0 Å². The van der Waals surface area contributed by atoms with Gasteiger partial charge in [0.25, 0.3) is 0 Å². The van der Waals surface area contributed by atoms with Gasteiger partial charge < -0.3 is 9.73 Å². The molecule has 0 unspecified atom stereocenters. The molecule has 0 bridgehead atoms. The highest BCUT2D eigenvalue weighted by molar-refractivity contribution is 7.89. The van der Waals surface area contributed by atoms with Crippen molar-refractivity contribution >= 4 is 10.0 Å². The maximum atomic E-state index is 12.0. The SMILES string of the molecule is CCNCc1cc(S(=O)(=O)NCCCC(F)(F)F)c(C)o1. The van der Waals surface area contributed by atoms with Crippen LogP contribution in [0.15, 0.2) is 15.4 Å². The first-order chi connectivity index (χ1) is 9.65. The number of alkyl halides is 3. The predicted molar refractivity (Wildman–Crippen MR) is 71.3 cm³/mol. The van der Waals surface area contributed by atoms with Gasteiger partial charge in [0.15, 0.2) is 0 Å². The molecule has 0 saturated heterocycles. The van der Waals surface area contributed by atoms with E-state index in [-0.39, 0.29) is 23.6 Å². The zero-order valence-electron chi connectivity index (χ0n) is 11.9. The van der Waals surface area contributed by atoms with Crippen LogP contribution < -0.4 is 10.0 Å². The number of nitrogens with one attached hydrogen (secondary N) is 2. The van der Waals surface area contributed by atoms with Crippen LogP contribution in [0, 0.1) is 6.92 Å². The van der Waals surface area contributed by atoms with E-state index in [4.69, 9.17) is 4.42 Å². The van der Waals surface area contributed by atoms with Gasteiger partial charge in [0.2, 0.25) is 10.0 Å². The lowest BCUT2D eigenvalue weighted by Crippen LogP contribution is -2.26. The van der Waals surface area contributed by atoms with Crippen molar-refractivity contribution in [1.82, 2.24) is 10.0 Å². The quantitative estimate of drug-likeness (QED) is 0.719. The summed E-state index contributed by atoms with van der Waals surface area (Å²) in [4.78, 5) is -0.0394. The molecule has 0 spiro atoms. The van der Waals surface area contributed by atoms with Gasteiger partial charge in [0.05, 0.1) is 6.54 Å². The molecule has 1 heterocycles. The average Bonchev–Trinajstić information content (AvgIpc) is 2.73. The first-order valence-corrected chi connectivity index (χ1v) is 8.00. The average molecular weight is 328 g/mol. The molecule has 1 aromatic rings. The summed E-state index contributed by atoms with van der Waals surface area (Å²) in [5.41, 5.74) is 0. The van der Waals surface area contributed by atoms with Gasteiger partial charge in [-0.25, -0.2) is 13.1 Å². The molecule has 0 amide bonds. The third kappa shape index (κ3) is 6.06. The number of rotatable bonds is 8. The number of halogens is 3. The number of sulfonamides is 1. The molecule has 1 rings (SSSR count). The predicted octanol–water partition coefficient (Wildman–Crippen LogP) is 2.32. The Labute approximate surface area is 122 Å². The van der Waals surface area contributed by atoms with Crippen LogP contribution in [0.2, 0.25) is 0 Å². The third-order valence-corrected chi connectivity index (χ3v) is 4.26. The largest absolute Gasteiger partial charge is 0.464 e. The monoisotopic (exact) mass is 328 g/mol. The van der Waals surface area contributed by atoms with Crippen LogP contribution in [0.4, 0.5) is 13.2 Å². The van der Waals surface area contributed by atoms with Crippen LogP contribution in [-0.4, -0.2) is 27.7 Å². The Morgan fingerprint density at radius 3 is 2.57 bits per heavy atom. The van der Waals surface area contributed by atoms with Gasteiger partial charge in [0.1, 0.15) is 16.4 Å². The van der Waals surface area contributed by atoms with Crippen molar-refractivity contribution in [1.29, 1.82) is 0 Å². The zero-order valence-corrected chi connectivity index (χ0v) is 12.7. The summed E-state index contributed by atoms with van der Waals surface area (Å²) in [6, 6.07) is 1.38. The molecule has 0 aliphatic carbocycles. The topological polar surface area (TPSA) is 71.3 Å². The van der Waals surface area contributed by atoms with E-state index in [0.717, 1.165) is 0 Å². The fraction of sp³-hybridized carbons (Fsp3) is 0.667. The van der Waals surface area contributed by atoms with Gasteiger partial charge in [-0.3, -0.25) is 0 Å². The van der Waals surface area contributed by atoms with Crippen molar-refractivity contribution in [2.45, 2.75) is 44.3 Å². The van der Waals surface area contributed by atoms with Crippen molar-refractivity contribution in [3.05, 3.63) is 17.6 Å². The molecule has 0 fully saturated rings. The molecule has 1 aromatic heterocycles. The molecular weight excluding hydrogens is 309 g/mol. The molecule has 0 aliphatic heterocycles. The zero-order chi connectivity index (χ0) is 16.1. The van der Waals surface area contributed by atoms with Gasteiger partial charge in [0, 0.05) is 19.0 Å². The minimum atomic E-state index is -4.28. The third-order valence-electron chi connectivity index (χ3n) is 2.69. The van der Waals surface area contributed by atoms with Crippen LogP contribution in [0.5, 0.6) is 0 Å². The second-order valence-electron chi connectivity index (χ2n) is 4.53. The van der Waals surface area contributed by atoms with Gasteiger partial charge in [-0.1, -0.05) is 6.92 Å². The van der Waals surface area contributed by atoms with Gasteiger partial charge in [-0.2, -0.15) is 13.2 Å². The van der Waals surface area contributed by atoms with E-state index in [1.807, 2.05) is 6.92 Å². The highest BCUT2D eigenvalue weighted by Crippen LogP contribution is 2.22. The Morgan fingerprint density at radius 1 is 1.33 bits per heavy atom. The highest BCUT2D eigenvalue weighted by Gasteiger charge is 2.27. The van der Waals surface area contributed by atoms with Crippen LogP contribution in [0.25, 0.3) is 0 Å². The van der Waals surface area contributed by atoms with Crippen molar-refractivity contribution in [3.8, 4) is 0 Å². The molecule has 0 atom stereocenters. The number of hydrogen-bond acceptors (Lipinski definition) is 4. The van der Waals surface area contributed by atoms with Gasteiger partial charge in [-0.05, 0) is 19.9 Å². The van der Waals surface area contributed by atoms with Crippen molar-refractivity contribution in [2.24, 2.45) is 0 Å². The highest BCUT2D eigenvalue weighted by atomic mass is 32.2. The van der Waals surface area contributed by atoms with Crippen LogP contribution >= 0.6 is 0 Å². The molecule has 0 radical (unpaired) electrons. The lowest BCUT2D eigenvalue weighted by atomic mass is 10.3. The van der Waals surface area contributed by atoms with E-state index < -0.39 is 22.6 Å². The summed E-state index contributed by atoms with van der Waals surface area (Å²) < 4.78 is 67.4. The van der Waals surface area contributed by atoms with Gasteiger partial charge in [-0.15, -0.1) is 0 Å². The molecule has 0 aliphatic rings. The maximum absolute atomic E-state index is 12.0. The molecule has 5 nitrogen and oxygen atoms in total. The number of furan rings is 1. The van der Waals surface area contributed by atoms with E-state index in [9.17, 15) is 21.6 Å². The number of hydrogen-bond donors (Lipinski definition) is 2. The fourth-order valence-electron chi connectivity index (χ4n) is 1.70. The summed E-state index contributed by atoms with van der Waals surface area (Å²) >= 11 is 0. The Kier molecular flexibility index (Phi) is 6.24. The van der Waals surface area contributed by atoms with Crippen LogP contribution in [-0.2, 0) is 16.6 Å². The Bertz CT molecular complexity index is 553. The normalized spacial score (nSPS) is 12.8. The summed E-state index contributed by atoms with van der Waals surface area (Å²) in [5.74, 6) is 0.677. The maximum Gasteiger partial charge on any atom is 0.389 e. The molecule has 21 heavy (non-hydrogen) atoms. The smallest absolute Gasteiger partial charge is 0.389 e. The van der Waals surface area contributed by atoms with E-state index in [2.05, 4.69) is 10.0 Å². The molecule has 0 saturated carbocycles. The van der Waals surface area contributed by atoms with Crippen molar-refractivity contribution in [3.63, 3.8) is 0 Å². The van der Waals surface area contributed by atoms with E-state index in [0.29, 0.717) is 18.8 Å². The van der Waals surface area contributed by atoms with Crippen LogP contribution in [0.1, 0.15) is 31.3 Å². The lowest BCUT2D eigenvalue weighted by Gasteiger charge is -2.07. The summed E-state index contributed by atoms with van der Waals surface area (Å²) in [6.45, 7) is 4.23. The van der Waals surface area contributed by atoms with Crippen LogP contribution in [0.3, 0.4) is 0 Å². The standard InChI is InChI=1S/C12H19F3N2O3S/c1-3-16-8-10-7-11(9(2)20-10)21(18,19)17-6-4-5-12(13,14)15/h7,16-17H,3-6,8H2,1-2H3. The van der Waals surface area contributed by atoms with Gasteiger partial charge >= 0.3 is 6.18 Å². The minimum absolute atomic E-state index is 0.0394. The number of aryl methyl sites for hydroxylation is 1. The molecular formula is C12H19F3N2O3S. The molecule has 9 heteroatoms. The molecule has 122 valence electrons. The van der Waals surface area contributed by atoms with Crippen molar-refractivity contribution < 1.29 is 26.0 Å². The molecule has 0 aromatic carbocycles. The fourth-order valence-corrected chi connectivity index (χ4v) is 2.97. The Balaban J connectivity index is 2.63. The molecule has 2 N–H and O–H groups in total. The summed E-state index contributed by atoms with van der Waals surface area (Å²) in [7, 11) is -3.85. The summed E-state index contributed by atoms with van der Waals surface area (Å²) in [6.07, 6.45) is -5.61. The van der Waals surface area contributed by atoms with Crippen molar-refractivity contribution in [2.75, 3.05) is 13.1 Å².